The smallest absolute Gasteiger partial charge is 0.224 e. The number of amides is 1. The van der Waals surface area contributed by atoms with Gasteiger partial charge in [-0.15, -0.1) is 0 Å². The standard InChI is InChI=1S/C19H32N2O/c1-6-14-21(15-7-2)18(22)12-13-20-17-11-9-8-10-16(17)19(3,4)5/h8-11,20H,6-7,12-15H2,1-5H3. The number of para-hydroxylation sites is 1. The molecule has 0 saturated carbocycles. The molecule has 0 bridgehead atoms. The van der Waals surface area contributed by atoms with Crippen molar-refractivity contribution >= 4 is 11.6 Å². The number of rotatable bonds is 8. The minimum Gasteiger partial charge on any atom is -0.384 e. The van der Waals surface area contributed by atoms with Crippen LogP contribution in [0.3, 0.4) is 0 Å². The van der Waals surface area contributed by atoms with Crippen LogP contribution < -0.4 is 5.32 Å². The van der Waals surface area contributed by atoms with Gasteiger partial charge in [-0.2, -0.15) is 0 Å². The number of benzene rings is 1. The molecule has 1 aromatic rings. The molecular formula is C19H32N2O. The maximum Gasteiger partial charge on any atom is 0.224 e. The van der Waals surface area contributed by atoms with Crippen LogP contribution in [-0.4, -0.2) is 30.4 Å². The summed E-state index contributed by atoms with van der Waals surface area (Å²) in [6.07, 6.45) is 2.59. The summed E-state index contributed by atoms with van der Waals surface area (Å²) in [7, 11) is 0. The van der Waals surface area contributed by atoms with Crippen LogP contribution in [0.4, 0.5) is 5.69 Å². The monoisotopic (exact) mass is 304 g/mol. The minimum atomic E-state index is 0.101. The van der Waals surface area contributed by atoms with E-state index >= 15 is 0 Å². The topological polar surface area (TPSA) is 32.3 Å². The van der Waals surface area contributed by atoms with E-state index in [2.05, 4.69) is 58.1 Å². The van der Waals surface area contributed by atoms with Crippen molar-refractivity contribution in [2.24, 2.45) is 0 Å². The lowest BCUT2D eigenvalue weighted by Crippen LogP contribution is -2.33. The molecule has 3 nitrogen and oxygen atoms in total. The van der Waals surface area contributed by atoms with Gasteiger partial charge >= 0.3 is 0 Å². The Morgan fingerprint density at radius 2 is 1.68 bits per heavy atom. The Balaban J connectivity index is 2.59. The highest BCUT2D eigenvalue weighted by Crippen LogP contribution is 2.29. The van der Waals surface area contributed by atoms with Crippen LogP contribution in [0.5, 0.6) is 0 Å². The number of nitrogens with zero attached hydrogens (tertiary/aromatic N) is 1. The number of carbonyl (C=O) groups excluding carboxylic acids is 1. The van der Waals surface area contributed by atoms with Gasteiger partial charge in [0.25, 0.3) is 0 Å². The molecule has 0 radical (unpaired) electrons. The van der Waals surface area contributed by atoms with E-state index in [-0.39, 0.29) is 11.3 Å². The molecule has 0 aliphatic heterocycles. The van der Waals surface area contributed by atoms with E-state index in [0.29, 0.717) is 13.0 Å². The van der Waals surface area contributed by atoms with Gasteiger partial charge in [-0.05, 0) is 29.9 Å². The molecule has 0 aliphatic carbocycles. The second-order valence-electron chi connectivity index (χ2n) is 6.85. The molecule has 1 amide bonds. The average Bonchev–Trinajstić information content (AvgIpc) is 2.46. The Bertz CT molecular complexity index is 457. The van der Waals surface area contributed by atoms with Crippen LogP contribution in [0, 0.1) is 0 Å². The van der Waals surface area contributed by atoms with Gasteiger partial charge in [-0.3, -0.25) is 4.79 Å². The average molecular weight is 304 g/mol. The predicted molar refractivity (Wildman–Crippen MR) is 95.4 cm³/mol. The fourth-order valence-electron chi connectivity index (χ4n) is 2.65. The molecule has 1 N–H and O–H groups in total. The highest BCUT2D eigenvalue weighted by molar-refractivity contribution is 5.76. The van der Waals surface area contributed by atoms with Crippen molar-refractivity contribution in [2.75, 3.05) is 25.0 Å². The maximum absolute atomic E-state index is 12.3. The van der Waals surface area contributed by atoms with Crippen LogP contribution in [0.15, 0.2) is 24.3 Å². The van der Waals surface area contributed by atoms with E-state index in [0.717, 1.165) is 31.6 Å². The number of carbonyl (C=O) groups is 1. The van der Waals surface area contributed by atoms with Gasteiger partial charge in [0.2, 0.25) is 5.91 Å². The molecule has 22 heavy (non-hydrogen) atoms. The largest absolute Gasteiger partial charge is 0.384 e. The zero-order valence-electron chi connectivity index (χ0n) is 14.9. The van der Waals surface area contributed by atoms with Gasteiger partial charge in [0, 0.05) is 31.7 Å². The third-order valence-corrected chi connectivity index (χ3v) is 3.73. The van der Waals surface area contributed by atoms with E-state index in [1.807, 2.05) is 11.0 Å². The summed E-state index contributed by atoms with van der Waals surface area (Å²) in [6.45, 7) is 13.3. The zero-order chi connectivity index (χ0) is 16.6. The second-order valence-corrected chi connectivity index (χ2v) is 6.85. The molecule has 0 spiro atoms. The van der Waals surface area contributed by atoms with Gasteiger partial charge in [0.1, 0.15) is 0 Å². The van der Waals surface area contributed by atoms with Crippen molar-refractivity contribution in [1.29, 1.82) is 0 Å². The van der Waals surface area contributed by atoms with Crippen molar-refractivity contribution in [3.8, 4) is 0 Å². The lowest BCUT2D eigenvalue weighted by molar-refractivity contribution is -0.131. The highest BCUT2D eigenvalue weighted by Gasteiger charge is 2.17. The first-order valence-corrected chi connectivity index (χ1v) is 8.51. The molecule has 1 rings (SSSR count). The van der Waals surface area contributed by atoms with Gasteiger partial charge in [-0.1, -0.05) is 52.8 Å². The molecule has 0 heterocycles. The van der Waals surface area contributed by atoms with Crippen LogP contribution in [0.1, 0.15) is 59.4 Å². The normalized spacial score (nSPS) is 11.3. The first kappa shape index (κ1) is 18.5. The van der Waals surface area contributed by atoms with E-state index < -0.39 is 0 Å². The fourth-order valence-corrected chi connectivity index (χ4v) is 2.65. The Kier molecular flexibility index (Phi) is 7.43. The van der Waals surface area contributed by atoms with Crippen LogP contribution in [0.2, 0.25) is 0 Å². The highest BCUT2D eigenvalue weighted by atomic mass is 16.2. The molecule has 1 aromatic carbocycles. The first-order chi connectivity index (χ1) is 10.4. The molecule has 0 saturated heterocycles. The van der Waals surface area contributed by atoms with Crippen molar-refractivity contribution < 1.29 is 4.79 Å². The fraction of sp³-hybridized carbons (Fsp3) is 0.632. The van der Waals surface area contributed by atoms with Crippen molar-refractivity contribution in [3.63, 3.8) is 0 Å². The lowest BCUT2D eigenvalue weighted by Gasteiger charge is -2.24. The Labute approximate surface area is 136 Å². The molecular weight excluding hydrogens is 272 g/mol. The first-order valence-electron chi connectivity index (χ1n) is 8.51. The van der Waals surface area contributed by atoms with Gasteiger partial charge < -0.3 is 10.2 Å². The number of nitrogens with one attached hydrogen (secondary N) is 1. The van der Waals surface area contributed by atoms with Crippen molar-refractivity contribution in [3.05, 3.63) is 29.8 Å². The molecule has 0 aromatic heterocycles. The van der Waals surface area contributed by atoms with Gasteiger partial charge in [-0.25, -0.2) is 0 Å². The summed E-state index contributed by atoms with van der Waals surface area (Å²) in [6, 6.07) is 8.37. The summed E-state index contributed by atoms with van der Waals surface area (Å²) in [4.78, 5) is 14.3. The SMILES string of the molecule is CCCN(CCC)C(=O)CCNc1ccccc1C(C)(C)C. The summed E-state index contributed by atoms with van der Waals surface area (Å²) in [5.74, 6) is 0.254. The second kappa shape index (κ2) is 8.82. The molecule has 3 heteroatoms. The van der Waals surface area contributed by atoms with Crippen LogP contribution in [0.25, 0.3) is 0 Å². The van der Waals surface area contributed by atoms with Crippen LogP contribution in [-0.2, 0) is 10.2 Å². The number of hydrogen-bond donors (Lipinski definition) is 1. The van der Waals surface area contributed by atoms with Gasteiger partial charge in [0.05, 0.1) is 0 Å². The minimum absolute atomic E-state index is 0.101. The van der Waals surface area contributed by atoms with E-state index in [9.17, 15) is 4.79 Å². The predicted octanol–water partition coefficient (Wildman–Crippen LogP) is 4.43. The van der Waals surface area contributed by atoms with E-state index in [4.69, 9.17) is 0 Å². The third-order valence-electron chi connectivity index (χ3n) is 3.73. The lowest BCUT2D eigenvalue weighted by atomic mass is 9.86. The molecule has 0 atom stereocenters. The molecule has 0 unspecified atom stereocenters. The number of anilines is 1. The molecule has 0 fully saturated rings. The third kappa shape index (κ3) is 5.70. The maximum atomic E-state index is 12.3. The number of hydrogen-bond acceptors (Lipinski definition) is 2. The van der Waals surface area contributed by atoms with E-state index in [1.54, 1.807) is 0 Å². The molecule has 124 valence electrons. The van der Waals surface area contributed by atoms with Gasteiger partial charge in [0.15, 0.2) is 0 Å². The van der Waals surface area contributed by atoms with E-state index in [1.165, 1.54) is 5.56 Å². The van der Waals surface area contributed by atoms with Crippen molar-refractivity contribution in [2.45, 2.75) is 59.3 Å². The Morgan fingerprint density at radius 1 is 1.09 bits per heavy atom. The zero-order valence-corrected chi connectivity index (χ0v) is 14.9. The summed E-state index contributed by atoms with van der Waals surface area (Å²) >= 11 is 0. The Hall–Kier alpha value is -1.51. The van der Waals surface area contributed by atoms with Crippen LogP contribution >= 0.6 is 0 Å². The Morgan fingerprint density at radius 3 is 2.23 bits per heavy atom. The summed E-state index contributed by atoms with van der Waals surface area (Å²) < 4.78 is 0. The summed E-state index contributed by atoms with van der Waals surface area (Å²) in [5.41, 5.74) is 2.53. The quantitative estimate of drug-likeness (QED) is 0.770. The molecule has 0 aliphatic rings. The van der Waals surface area contributed by atoms with Crippen molar-refractivity contribution in [1.82, 2.24) is 4.90 Å². The summed E-state index contributed by atoms with van der Waals surface area (Å²) in [5, 5.41) is 3.44.